The topological polar surface area (TPSA) is 165 Å². The van der Waals surface area contributed by atoms with E-state index >= 15 is 0 Å². The third-order valence-corrected chi connectivity index (χ3v) is 7.32. The van der Waals surface area contributed by atoms with Gasteiger partial charge in [0.05, 0.1) is 55.4 Å². The second-order valence-corrected chi connectivity index (χ2v) is 10.2. The molecule has 0 unspecified atom stereocenters. The number of nitrogens with one attached hydrogen (secondary N) is 2. The highest BCUT2D eigenvalue weighted by Crippen LogP contribution is 2.28. The number of methoxy groups -OCH3 is 1. The van der Waals surface area contributed by atoms with Gasteiger partial charge >= 0.3 is 0 Å². The Labute approximate surface area is 243 Å². The molecule has 4 heterocycles. The van der Waals surface area contributed by atoms with Gasteiger partial charge in [-0.2, -0.15) is 5.10 Å². The Balaban J connectivity index is 1.39. The predicted molar refractivity (Wildman–Crippen MR) is 150 cm³/mol. The van der Waals surface area contributed by atoms with Crippen molar-refractivity contribution in [1.29, 1.82) is 0 Å². The van der Waals surface area contributed by atoms with Gasteiger partial charge in [0.1, 0.15) is 29.5 Å². The van der Waals surface area contributed by atoms with E-state index in [4.69, 9.17) is 21.1 Å². The largest absolute Gasteiger partial charge is 0.497 e. The first-order chi connectivity index (χ1) is 20.2. The number of hydrogen-bond donors (Lipinski definition) is 4. The van der Waals surface area contributed by atoms with Gasteiger partial charge in [-0.1, -0.05) is 11.6 Å². The number of benzene rings is 1. The predicted octanol–water partition coefficient (Wildman–Crippen LogP) is 1.73. The maximum Gasteiger partial charge on any atom is 0.278 e. The molecule has 3 aromatic heterocycles. The van der Waals surface area contributed by atoms with E-state index in [1.165, 1.54) is 49.3 Å². The van der Waals surface area contributed by atoms with Crippen LogP contribution >= 0.6 is 11.6 Å². The Kier molecular flexibility index (Phi) is 8.68. The lowest BCUT2D eigenvalue weighted by atomic mass is 10.1. The van der Waals surface area contributed by atoms with Gasteiger partial charge in [0.15, 0.2) is 0 Å². The highest BCUT2D eigenvalue weighted by atomic mass is 35.5. The number of fused-ring (bicyclic) bond motifs is 1. The third kappa shape index (κ3) is 6.06. The standard InChI is InChI=1S/C27H29ClFN7O6/c1-14(25(39)32-21(11-37)15-5-17(29)8-18(6-15)41-2)35-13-31-36-10-16(7-22(36)26(35)40)24-19(28)9-30-27(34-24)33-20-3-4-42-12-23(20)38/h5-10,13-14,20-21,23,37-38H,3-4,11-12H2,1-2H3,(H,32,39)(H,30,33,34)/t14-,20-,21-,23+/m1/s1. The molecule has 4 N–H and O–H groups in total. The van der Waals surface area contributed by atoms with E-state index < -0.39 is 42.1 Å². The molecule has 15 heteroatoms. The SMILES string of the molecule is COc1cc(F)cc([C@@H](CO)NC(=O)[C@@H](C)n2cnn3cc(-c4nc(N[C@@H]5CCOC[C@@H]5O)ncc4Cl)cc3c2=O)c1. The molecule has 1 aliphatic rings. The number of halogens is 2. The van der Waals surface area contributed by atoms with Gasteiger partial charge in [-0.3, -0.25) is 14.2 Å². The van der Waals surface area contributed by atoms with E-state index in [1.54, 1.807) is 12.3 Å². The van der Waals surface area contributed by atoms with Crippen LogP contribution < -0.4 is 20.9 Å². The van der Waals surface area contributed by atoms with Crippen LogP contribution in [0.2, 0.25) is 5.02 Å². The van der Waals surface area contributed by atoms with E-state index in [0.29, 0.717) is 29.8 Å². The molecule has 42 heavy (non-hydrogen) atoms. The monoisotopic (exact) mass is 601 g/mol. The van der Waals surface area contributed by atoms with Crippen molar-refractivity contribution in [2.24, 2.45) is 0 Å². The minimum atomic E-state index is -1.03. The number of anilines is 1. The van der Waals surface area contributed by atoms with Crippen LogP contribution in [0.3, 0.4) is 0 Å². The van der Waals surface area contributed by atoms with Crippen molar-refractivity contribution in [2.75, 3.05) is 32.2 Å². The molecule has 4 atom stereocenters. The Morgan fingerprint density at radius 2 is 2.14 bits per heavy atom. The zero-order valence-electron chi connectivity index (χ0n) is 22.7. The number of aromatic nitrogens is 5. The molecule has 1 fully saturated rings. The maximum atomic E-state index is 14.0. The van der Waals surface area contributed by atoms with Gasteiger partial charge < -0.3 is 30.3 Å². The summed E-state index contributed by atoms with van der Waals surface area (Å²) in [5.74, 6) is -0.704. The molecule has 0 spiro atoms. The Morgan fingerprint density at radius 3 is 2.88 bits per heavy atom. The summed E-state index contributed by atoms with van der Waals surface area (Å²) in [6.07, 6.45) is 4.08. The summed E-state index contributed by atoms with van der Waals surface area (Å²) in [4.78, 5) is 35.2. The minimum Gasteiger partial charge on any atom is -0.497 e. The molecule has 0 radical (unpaired) electrons. The lowest BCUT2D eigenvalue weighted by Crippen LogP contribution is -2.42. The van der Waals surface area contributed by atoms with Gasteiger partial charge in [-0.05, 0) is 37.1 Å². The molecule has 5 rings (SSSR count). The zero-order valence-corrected chi connectivity index (χ0v) is 23.5. The molecule has 1 saturated heterocycles. The average Bonchev–Trinajstić information content (AvgIpc) is 3.42. The molecule has 1 aromatic carbocycles. The molecule has 0 aliphatic carbocycles. The first-order valence-electron chi connectivity index (χ1n) is 13.1. The number of carbonyl (C=O) groups excluding carboxylic acids is 1. The van der Waals surface area contributed by atoms with Crippen LogP contribution in [0.5, 0.6) is 5.75 Å². The van der Waals surface area contributed by atoms with E-state index in [1.807, 2.05) is 0 Å². The number of hydrogen-bond acceptors (Lipinski definition) is 10. The first-order valence-corrected chi connectivity index (χ1v) is 13.5. The van der Waals surface area contributed by atoms with Crippen molar-refractivity contribution in [2.45, 2.75) is 37.6 Å². The van der Waals surface area contributed by atoms with Crippen LogP contribution in [0.25, 0.3) is 16.8 Å². The summed E-state index contributed by atoms with van der Waals surface area (Å²) < 4.78 is 26.8. The van der Waals surface area contributed by atoms with Crippen molar-refractivity contribution < 1.29 is 28.9 Å². The Bertz CT molecular complexity index is 1660. The zero-order chi connectivity index (χ0) is 30.0. The third-order valence-electron chi connectivity index (χ3n) is 7.04. The molecule has 0 saturated carbocycles. The molecular weight excluding hydrogens is 573 g/mol. The number of amides is 1. The molecule has 13 nitrogen and oxygen atoms in total. The quantitative estimate of drug-likeness (QED) is 0.222. The van der Waals surface area contributed by atoms with Gasteiger partial charge in [0.25, 0.3) is 5.56 Å². The minimum absolute atomic E-state index is 0.157. The van der Waals surface area contributed by atoms with Crippen LogP contribution in [0.1, 0.15) is 31.0 Å². The highest BCUT2D eigenvalue weighted by Gasteiger charge is 2.26. The van der Waals surface area contributed by atoms with Crippen molar-refractivity contribution in [3.8, 4) is 17.0 Å². The molecular formula is C27H29ClFN7O6. The van der Waals surface area contributed by atoms with Crippen LogP contribution in [0, 0.1) is 5.82 Å². The smallest absolute Gasteiger partial charge is 0.278 e. The number of aliphatic hydroxyl groups is 2. The Morgan fingerprint density at radius 1 is 1.33 bits per heavy atom. The van der Waals surface area contributed by atoms with Gasteiger partial charge in [0, 0.05) is 24.4 Å². The lowest BCUT2D eigenvalue weighted by Gasteiger charge is -2.28. The summed E-state index contributed by atoms with van der Waals surface area (Å²) in [5.41, 5.74) is 0.770. The molecule has 222 valence electrons. The van der Waals surface area contributed by atoms with E-state index in [9.17, 15) is 24.2 Å². The Hall–Kier alpha value is -4.11. The van der Waals surface area contributed by atoms with Crippen LogP contribution in [0.15, 0.2) is 47.8 Å². The number of carbonyl (C=O) groups is 1. The number of rotatable bonds is 9. The molecule has 1 amide bonds. The fraction of sp³-hybridized carbons (Fsp3) is 0.370. The number of ether oxygens (including phenoxy) is 2. The second-order valence-electron chi connectivity index (χ2n) is 9.82. The second kappa shape index (κ2) is 12.4. The molecule has 0 bridgehead atoms. The number of nitrogens with zero attached hydrogens (tertiary/aromatic N) is 5. The summed E-state index contributed by atoms with van der Waals surface area (Å²) in [5, 5.41) is 30.3. The van der Waals surface area contributed by atoms with E-state index in [2.05, 4.69) is 25.7 Å². The van der Waals surface area contributed by atoms with E-state index in [0.717, 1.165) is 4.57 Å². The van der Waals surface area contributed by atoms with Crippen LogP contribution in [-0.2, 0) is 9.53 Å². The van der Waals surface area contributed by atoms with Crippen molar-refractivity contribution in [1.82, 2.24) is 29.5 Å². The van der Waals surface area contributed by atoms with Crippen LogP contribution in [-0.4, -0.2) is 79.3 Å². The van der Waals surface area contributed by atoms with Crippen molar-refractivity contribution in [3.05, 3.63) is 69.7 Å². The highest BCUT2D eigenvalue weighted by molar-refractivity contribution is 6.32. The lowest BCUT2D eigenvalue weighted by molar-refractivity contribution is -0.125. The summed E-state index contributed by atoms with van der Waals surface area (Å²) in [6, 6.07) is 3.15. The summed E-state index contributed by atoms with van der Waals surface area (Å²) >= 11 is 6.39. The van der Waals surface area contributed by atoms with Gasteiger partial charge in [0.2, 0.25) is 11.9 Å². The summed E-state index contributed by atoms with van der Waals surface area (Å²) in [7, 11) is 1.38. The summed E-state index contributed by atoms with van der Waals surface area (Å²) in [6.45, 7) is 1.69. The van der Waals surface area contributed by atoms with Gasteiger partial charge in [-0.25, -0.2) is 18.9 Å². The fourth-order valence-corrected chi connectivity index (χ4v) is 4.86. The fourth-order valence-electron chi connectivity index (χ4n) is 4.66. The number of aliphatic hydroxyl groups excluding tert-OH is 2. The van der Waals surface area contributed by atoms with Gasteiger partial charge in [-0.15, -0.1) is 0 Å². The van der Waals surface area contributed by atoms with E-state index in [-0.39, 0.29) is 34.9 Å². The van der Waals surface area contributed by atoms with Crippen LogP contribution in [0.4, 0.5) is 10.3 Å². The van der Waals surface area contributed by atoms with Crippen molar-refractivity contribution >= 4 is 29.0 Å². The molecule has 4 aromatic rings. The normalized spacial score (nSPS) is 18.4. The first kappa shape index (κ1) is 29.4. The maximum absolute atomic E-state index is 14.0. The molecule has 1 aliphatic heterocycles. The average molecular weight is 602 g/mol. The van der Waals surface area contributed by atoms with Crippen molar-refractivity contribution in [3.63, 3.8) is 0 Å².